The van der Waals surface area contributed by atoms with E-state index in [1.807, 2.05) is 12.1 Å². The lowest BCUT2D eigenvalue weighted by molar-refractivity contribution is 0.350. The molecule has 0 amide bonds. The first kappa shape index (κ1) is 21.3. The average molecular weight is 396 g/mol. The van der Waals surface area contributed by atoms with Gasteiger partial charge in [0.25, 0.3) is 0 Å². The minimum absolute atomic E-state index is 0. The molecule has 24 heavy (non-hydrogen) atoms. The molecule has 2 aromatic rings. The van der Waals surface area contributed by atoms with Crippen LogP contribution >= 0.6 is 36.4 Å². The highest BCUT2D eigenvalue weighted by Gasteiger charge is 2.13. The predicted molar refractivity (Wildman–Crippen MR) is 101 cm³/mol. The van der Waals surface area contributed by atoms with Gasteiger partial charge < -0.3 is 15.1 Å². The Kier molecular flexibility index (Phi) is 9.09. The number of hydrogen-bond donors (Lipinski definition) is 2. The monoisotopic (exact) mass is 394 g/mol. The van der Waals surface area contributed by atoms with Crippen LogP contribution in [0.4, 0.5) is 4.39 Å². The second kappa shape index (κ2) is 10.3. The standard InChI is InChI=1S/C17H20ClFN2O.2ClH/c18-15-9-13(1-3-16(15)19)17-4-2-14(22-17)11-21-10-12-5-7-20-8-6-12;;/h1-4,9,12,20-21H,5-8,10-11H2;2*1H. The fourth-order valence-corrected chi connectivity index (χ4v) is 2.94. The molecule has 7 heteroatoms. The van der Waals surface area contributed by atoms with Crippen molar-refractivity contribution in [3.63, 3.8) is 0 Å². The van der Waals surface area contributed by atoms with Crippen molar-refractivity contribution in [3.05, 3.63) is 46.9 Å². The van der Waals surface area contributed by atoms with Gasteiger partial charge in [0, 0.05) is 5.56 Å². The molecule has 2 heterocycles. The summed E-state index contributed by atoms with van der Waals surface area (Å²) in [6.07, 6.45) is 2.45. The Morgan fingerprint density at radius 2 is 1.92 bits per heavy atom. The van der Waals surface area contributed by atoms with Crippen LogP contribution in [0.15, 0.2) is 34.7 Å². The van der Waals surface area contributed by atoms with Gasteiger partial charge >= 0.3 is 0 Å². The topological polar surface area (TPSA) is 37.2 Å². The maximum atomic E-state index is 13.2. The maximum Gasteiger partial charge on any atom is 0.141 e. The van der Waals surface area contributed by atoms with Gasteiger partial charge in [-0.3, -0.25) is 0 Å². The number of nitrogens with one attached hydrogen (secondary N) is 2. The Balaban J connectivity index is 0.00000144. The van der Waals surface area contributed by atoms with Crippen LogP contribution in [0.3, 0.4) is 0 Å². The molecular weight excluding hydrogens is 374 g/mol. The lowest BCUT2D eigenvalue weighted by Crippen LogP contribution is -2.33. The third kappa shape index (κ3) is 5.64. The quantitative estimate of drug-likeness (QED) is 0.772. The molecule has 0 unspecified atom stereocenters. The van der Waals surface area contributed by atoms with Crippen LogP contribution < -0.4 is 10.6 Å². The molecular formula is C17H22Cl3FN2O. The van der Waals surface area contributed by atoms with Gasteiger partial charge in [-0.25, -0.2) is 4.39 Å². The Hall–Kier alpha value is -0.780. The molecule has 0 bridgehead atoms. The molecule has 0 atom stereocenters. The van der Waals surface area contributed by atoms with Crippen molar-refractivity contribution in [3.8, 4) is 11.3 Å². The number of hydrogen-bond acceptors (Lipinski definition) is 3. The molecule has 3 rings (SSSR count). The maximum absolute atomic E-state index is 13.2. The zero-order chi connectivity index (χ0) is 15.4. The second-order valence-electron chi connectivity index (χ2n) is 5.72. The first-order valence-corrected chi connectivity index (χ1v) is 8.06. The number of rotatable bonds is 5. The molecule has 134 valence electrons. The van der Waals surface area contributed by atoms with E-state index in [-0.39, 0.29) is 29.8 Å². The van der Waals surface area contributed by atoms with Crippen LogP contribution in [-0.4, -0.2) is 19.6 Å². The first-order chi connectivity index (χ1) is 10.7. The number of halogens is 4. The molecule has 0 radical (unpaired) electrons. The molecule has 1 saturated heterocycles. The van der Waals surface area contributed by atoms with Gasteiger partial charge in [0.15, 0.2) is 0 Å². The van der Waals surface area contributed by atoms with Gasteiger partial charge in [0.2, 0.25) is 0 Å². The summed E-state index contributed by atoms with van der Waals surface area (Å²) in [6, 6.07) is 8.45. The molecule has 1 fully saturated rings. The molecule has 2 N–H and O–H groups in total. The number of furan rings is 1. The Bertz CT molecular complexity index is 630. The molecule has 0 aliphatic carbocycles. The molecule has 1 aromatic heterocycles. The molecule has 0 saturated carbocycles. The summed E-state index contributed by atoms with van der Waals surface area (Å²) in [4.78, 5) is 0. The summed E-state index contributed by atoms with van der Waals surface area (Å²) in [6.45, 7) is 3.95. The van der Waals surface area contributed by atoms with Gasteiger partial charge in [-0.2, -0.15) is 0 Å². The van der Waals surface area contributed by atoms with Crippen molar-refractivity contribution in [2.75, 3.05) is 19.6 Å². The minimum Gasteiger partial charge on any atom is -0.460 e. The molecule has 0 spiro atoms. The zero-order valence-corrected chi connectivity index (χ0v) is 15.6. The zero-order valence-electron chi connectivity index (χ0n) is 13.2. The summed E-state index contributed by atoms with van der Waals surface area (Å²) >= 11 is 5.81. The van der Waals surface area contributed by atoms with E-state index < -0.39 is 5.82 Å². The van der Waals surface area contributed by atoms with Crippen LogP contribution in [0, 0.1) is 11.7 Å². The summed E-state index contributed by atoms with van der Waals surface area (Å²) in [5.74, 6) is 1.91. The van der Waals surface area contributed by atoms with E-state index >= 15 is 0 Å². The van der Waals surface area contributed by atoms with Crippen molar-refractivity contribution >= 4 is 36.4 Å². The van der Waals surface area contributed by atoms with Crippen molar-refractivity contribution in [1.29, 1.82) is 0 Å². The van der Waals surface area contributed by atoms with E-state index in [4.69, 9.17) is 16.0 Å². The van der Waals surface area contributed by atoms with Gasteiger partial charge in [-0.05, 0) is 68.7 Å². The van der Waals surface area contributed by atoms with Crippen molar-refractivity contribution in [1.82, 2.24) is 10.6 Å². The Morgan fingerprint density at radius 1 is 1.17 bits per heavy atom. The highest BCUT2D eigenvalue weighted by atomic mass is 35.5. The average Bonchev–Trinajstić information content (AvgIpc) is 3.00. The molecule has 1 aromatic carbocycles. The Morgan fingerprint density at radius 3 is 2.62 bits per heavy atom. The lowest BCUT2D eigenvalue weighted by atomic mass is 9.98. The van der Waals surface area contributed by atoms with E-state index in [0.717, 1.165) is 36.9 Å². The van der Waals surface area contributed by atoms with Crippen molar-refractivity contribution in [2.45, 2.75) is 19.4 Å². The normalized spacial score (nSPS) is 14.8. The smallest absolute Gasteiger partial charge is 0.141 e. The van der Waals surface area contributed by atoms with Gasteiger partial charge in [0.1, 0.15) is 17.3 Å². The van der Waals surface area contributed by atoms with Crippen LogP contribution in [-0.2, 0) is 6.54 Å². The summed E-state index contributed by atoms with van der Waals surface area (Å²) in [5, 5.41) is 6.93. The van der Waals surface area contributed by atoms with Gasteiger partial charge in [0.05, 0.1) is 11.6 Å². The van der Waals surface area contributed by atoms with E-state index in [9.17, 15) is 4.39 Å². The lowest BCUT2D eigenvalue weighted by Gasteiger charge is -2.22. The Labute approximate surface area is 159 Å². The van der Waals surface area contributed by atoms with E-state index in [0.29, 0.717) is 12.3 Å². The number of benzene rings is 1. The van der Waals surface area contributed by atoms with E-state index in [2.05, 4.69) is 10.6 Å². The fraction of sp³-hybridized carbons (Fsp3) is 0.412. The molecule has 1 aliphatic rings. The van der Waals surface area contributed by atoms with E-state index in [1.54, 1.807) is 12.1 Å². The second-order valence-corrected chi connectivity index (χ2v) is 6.13. The summed E-state index contributed by atoms with van der Waals surface area (Å²) in [7, 11) is 0. The van der Waals surface area contributed by atoms with Gasteiger partial charge in [-0.15, -0.1) is 24.8 Å². The van der Waals surface area contributed by atoms with Crippen molar-refractivity contribution in [2.24, 2.45) is 5.92 Å². The highest BCUT2D eigenvalue weighted by Crippen LogP contribution is 2.26. The van der Waals surface area contributed by atoms with Crippen molar-refractivity contribution < 1.29 is 8.81 Å². The largest absolute Gasteiger partial charge is 0.460 e. The predicted octanol–water partition coefficient (Wildman–Crippen LogP) is 4.67. The van der Waals surface area contributed by atoms with Crippen LogP contribution in [0.2, 0.25) is 5.02 Å². The first-order valence-electron chi connectivity index (χ1n) is 7.68. The molecule has 1 aliphatic heterocycles. The van der Waals surface area contributed by atoms with Crippen LogP contribution in [0.25, 0.3) is 11.3 Å². The van der Waals surface area contributed by atoms with Crippen LogP contribution in [0.1, 0.15) is 18.6 Å². The SMILES string of the molecule is Cl.Cl.Fc1ccc(-c2ccc(CNCC3CCNCC3)o2)cc1Cl. The number of piperidine rings is 1. The summed E-state index contributed by atoms with van der Waals surface area (Å²) < 4.78 is 19.0. The highest BCUT2D eigenvalue weighted by molar-refractivity contribution is 6.31. The van der Waals surface area contributed by atoms with E-state index in [1.165, 1.54) is 18.9 Å². The molecule has 3 nitrogen and oxygen atoms in total. The fourth-order valence-electron chi connectivity index (χ4n) is 2.76. The van der Waals surface area contributed by atoms with Gasteiger partial charge in [-0.1, -0.05) is 11.6 Å². The van der Waals surface area contributed by atoms with Crippen LogP contribution in [0.5, 0.6) is 0 Å². The third-order valence-corrected chi connectivity index (χ3v) is 4.35. The third-order valence-electron chi connectivity index (χ3n) is 4.06. The summed E-state index contributed by atoms with van der Waals surface area (Å²) in [5.41, 5.74) is 0.788. The minimum atomic E-state index is -0.416.